The Hall–Kier alpha value is -0.240. The third-order valence-corrected chi connectivity index (χ3v) is 3.12. The van der Waals surface area contributed by atoms with Crippen molar-refractivity contribution in [3.05, 3.63) is 10.6 Å². The zero-order valence-electron chi connectivity index (χ0n) is 7.68. The fourth-order valence-electron chi connectivity index (χ4n) is 1.24. The predicted molar refractivity (Wildman–Crippen MR) is 54.9 cm³/mol. The first-order chi connectivity index (χ1) is 5.13. The van der Waals surface area contributed by atoms with Crippen molar-refractivity contribution in [2.45, 2.75) is 27.7 Å². The molecular formula is C9H17NS. The number of hydrogen-bond donors (Lipinski definition) is 2. The van der Waals surface area contributed by atoms with Crippen molar-refractivity contribution in [3.8, 4) is 0 Å². The lowest BCUT2D eigenvalue weighted by Gasteiger charge is -2.12. The summed E-state index contributed by atoms with van der Waals surface area (Å²) in [6.07, 6.45) is 0. The number of hydrogen-bond acceptors (Lipinski definition) is 1. The number of allylic oxidation sites excluding steroid dienone is 2. The van der Waals surface area contributed by atoms with Gasteiger partial charge in [-0.05, 0) is 16.7 Å². The van der Waals surface area contributed by atoms with Crippen LogP contribution in [0.1, 0.15) is 27.7 Å². The highest BCUT2D eigenvalue weighted by atomic mass is 32.1. The Morgan fingerprint density at radius 3 is 2.18 bits per heavy atom. The summed E-state index contributed by atoms with van der Waals surface area (Å²) in [4.78, 5) is 1.56. The Kier molecular flexibility index (Phi) is 2.77. The van der Waals surface area contributed by atoms with Gasteiger partial charge in [0, 0.05) is 11.2 Å². The highest BCUT2D eigenvalue weighted by Gasteiger charge is 2.13. The monoisotopic (exact) mass is 171 g/mol. The van der Waals surface area contributed by atoms with Gasteiger partial charge in [-0.15, -0.1) is 0 Å². The van der Waals surface area contributed by atoms with Crippen molar-refractivity contribution in [3.63, 3.8) is 0 Å². The topological polar surface area (TPSA) is 12.0 Å². The second kappa shape index (κ2) is 3.44. The molecule has 0 unspecified atom stereocenters. The third kappa shape index (κ3) is 1.86. The van der Waals surface area contributed by atoms with E-state index in [1.807, 2.05) is 0 Å². The lowest BCUT2D eigenvalue weighted by Crippen LogP contribution is -2.13. The molecule has 0 aromatic carbocycles. The summed E-state index contributed by atoms with van der Waals surface area (Å²) < 4.78 is 0. The van der Waals surface area contributed by atoms with Crippen LogP contribution in [0.15, 0.2) is 10.6 Å². The van der Waals surface area contributed by atoms with E-state index in [-0.39, 0.29) is 0 Å². The van der Waals surface area contributed by atoms with Gasteiger partial charge in [-0.25, -0.2) is 0 Å². The second-order valence-corrected chi connectivity index (χ2v) is 4.51. The van der Waals surface area contributed by atoms with E-state index in [4.69, 9.17) is 0 Å². The van der Waals surface area contributed by atoms with Crippen LogP contribution in [-0.4, -0.2) is 5.49 Å². The summed E-state index contributed by atoms with van der Waals surface area (Å²) in [7, 11) is 0. The maximum absolute atomic E-state index is 3.33. The van der Waals surface area contributed by atoms with Crippen molar-refractivity contribution in [1.29, 1.82) is 0 Å². The van der Waals surface area contributed by atoms with Gasteiger partial charge in [0.1, 0.15) is 0 Å². The first kappa shape index (κ1) is 8.85. The molecule has 0 aliphatic carbocycles. The highest BCUT2D eigenvalue weighted by Crippen LogP contribution is 2.27. The molecule has 11 heavy (non-hydrogen) atoms. The van der Waals surface area contributed by atoms with Crippen molar-refractivity contribution >= 4 is 16.8 Å². The average Bonchev–Trinajstić information content (AvgIpc) is 2.32. The van der Waals surface area contributed by atoms with E-state index in [1.54, 1.807) is 4.91 Å². The number of rotatable bonds is 2. The summed E-state index contributed by atoms with van der Waals surface area (Å²) >= 11 is 1.36. The minimum absolute atomic E-state index is 0.638. The van der Waals surface area contributed by atoms with Gasteiger partial charge >= 0.3 is 0 Å². The van der Waals surface area contributed by atoms with Gasteiger partial charge < -0.3 is 5.32 Å². The Bertz CT molecular complexity index is 202. The fourth-order valence-corrected chi connectivity index (χ4v) is 2.34. The Labute approximate surface area is 72.8 Å². The van der Waals surface area contributed by atoms with Crippen LogP contribution < -0.4 is 5.32 Å². The molecule has 0 aromatic rings. The molecule has 64 valence electrons. The third-order valence-electron chi connectivity index (χ3n) is 1.82. The normalized spacial score (nSPS) is 17.6. The molecule has 0 fully saturated rings. The van der Waals surface area contributed by atoms with Crippen LogP contribution in [0.5, 0.6) is 0 Å². The molecule has 1 rings (SSSR count). The minimum atomic E-state index is 0.638. The quantitative estimate of drug-likeness (QED) is 0.480. The first-order valence-corrected chi connectivity index (χ1v) is 5.12. The van der Waals surface area contributed by atoms with Crippen LogP contribution >= 0.6 is 11.4 Å². The average molecular weight is 171 g/mol. The van der Waals surface area contributed by atoms with Gasteiger partial charge in [-0.3, -0.25) is 0 Å². The maximum atomic E-state index is 3.33. The molecule has 0 amide bonds. The van der Waals surface area contributed by atoms with E-state index in [1.165, 1.54) is 17.0 Å². The lowest BCUT2D eigenvalue weighted by atomic mass is 10.1. The molecule has 0 saturated carbocycles. The molecule has 0 aromatic heterocycles. The molecule has 2 heteroatoms. The van der Waals surface area contributed by atoms with E-state index in [9.17, 15) is 0 Å². The molecule has 1 aliphatic heterocycles. The van der Waals surface area contributed by atoms with E-state index in [0.29, 0.717) is 11.8 Å². The van der Waals surface area contributed by atoms with Gasteiger partial charge in [0.15, 0.2) is 0 Å². The van der Waals surface area contributed by atoms with Crippen LogP contribution in [0.2, 0.25) is 0 Å². The van der Waals surface area contributed by atoms with Gasteiger partial charge in [0.05, 0.1) is 0 Å². The van der Waals surface area contributed by atoms with Crippen LogP contribution in [-0.2, 0) is 0 Å². The Balaban J connectivity index is 2.84. The van der Waals surface area contributed by atoms with Crippen molar-refractivity contribution in [2.24, 2.45) is 11.8 Å². The first-order valence-electron chi connectivity index (χ1n) is 4.16. The van der Waals surface area contributed by atoms with E-state index < -0.39 is 0 Å². The summed E-state index contributed by atoms with van der Waals surface area (Å²) in [5.74, 6) is 1.32. The van der Waals surface area contributed by atoms with Crippen LogP contribution in [0.3, 0.4) is 0 Å². The minimum Gasteiger partial charge on any atom is -0.359 e. The Morgan fingerprint density at radius 2 is 1.82 bits per heavy atom. The van der Waals surface area contributed by atoms with Gasteiger partial charge in [0.25, 0.3) is 0 Å². The standard InChI is InChI=1S/C9H17NS/c1-6(2)8-9(7(3)4)11-5-10-8/h5-7,10-11H,1-4H3. The zero-order valence-corrected chi connectivity index (χ0v) is 8.57. The summed E-state index contributed by atoms with van der Waals surface area (Å²) in [6.45, 7) is 8.98. The van der Waals surface area contributed by atoms with Crippen LogP contribution in [0.4, 0.5) is 0 Å². The molecule has 0 bridgehead atoms. The maximum Gasteiger partial charge on any atom is 0.0268 e. The largest absolute Gasteiger partial charge is 0.359 e. The smallest absolute Gasteiger partial charge is 0.0268 e. The lowest BCUT2D eigenvalue weighted by molar-refractivity contribution is 0.695. The fraction of sp³-hybridized carbons (Fsp3) is 0.667. The molecule has 1 heterocycles. The predicted octanol–water partition coefficient (Wildman–Crippen LogP) is 2.34. The highest BCUT2D eigenvalue weighted by molar-refractivity contribution is 8.01. The van der Waals surface area contributed by atoms with E-state index in [0.717, 1.165) is 0 Å². The van der Waals surface area contributed by atoms with Crippen LogP contribution in [0.25, 0.3) is 0 Å². The number of nitrogens with one attached hydrogen (secondary N) is 1. The van der Waals surface area contributed by atoms with Crippen LogP contribution in [0, 0.1) is 11.8 Å². The molecule has 0 spiro atoms. The number of thiol groups is 1. The summed E-state index contributed by atoms with van der Waals surface area (Å²) in [5, 5.41) is 3.33. The second-order valence-electron chi connectivity index (χ2n) is 3.51. The summed E-state index contributed by atoms with van der Waals surface area (Å²) in [5.41, 5.74) is 3.56. The van der Waals surface area contributed by atoms with Gasteiger partial charge in [0.2, 0.25) is 0 Å². The molecule has 1 nitrogen and oxygen atoms in total. The molecule has 0 saturated heterocycles. The Morgan fingerprint density at radius 1 is 1.18 bits per heavy atom. The van der Waals surface area contributed by atoms with E-state index in [2.05, 4.69) is 38.5 Å². The van der Waals surface area contributed by atoms with E-state index >= 15 is 0 Å². The molecule has 0 radical (unpaired) electrons. The molecule has 1 aliphatic rings. The zero-order chi connectivity index (χ0) is 8.43. The van der Waals surface area contributed by atoms with Gasteiger partial charge in [-0.2, -0.15) is 11.4 Å². The molecular weight excluding hydrogens is 154 g/mol. The SMILES string of the molecule is CC(C)C1=C(C(C)C)[SH]=CN1. The van der Waals surface area contributed by atoms with Crippen molar-refractivity contribution in [1.82, 2.24) is 5.32 Å². The summed E-state index contributed by atoms with van der Waals surface area (Å²) in [6, 6.07) is 0. The van der Waals surface area contributed by atoms with Gasteiger partial charge in [-0.1, -0.05) is 27.7 Å². The van der Waals surface area contributed by atoms with Crippen molar-refractivity contribution in [2.75, 3.05) is 0 Å². The van der Waals surface area contributed by atoms with Crippen molar-refractivity contribution < 1.29 is 0 Å². The molecule has 1 N–H and O–H groups in total. The molecule has 0 atom stereocenters.